The largest absolute Gasteiger partial charge is 0.550 e. The summed E-state index contributed by atoms with van der Waals surface area (Å²) >= 11 is 0. The molecule has 0 unspecified atom stereocenters. The number of rotatable bonds is 16. The molecule has 4 rings (SSSR count). The van der Waals surface area contributed by atoms with Gasteiger partial charge < -0.3 is 35.7 Å². The zero-order valence-corrected chi connectivity index (χ0v) is 28.6. The number of aliphatic hydroxyl groups excluding tert-OH is 2. The van der Waals surface area contributed by atoms with Crippen molar-refractivity contribution < 1.29 is 34.3 Å². The maximum atomic E-state index is 14.0. The Morgan fingerprint density at radius 2 is 1.52 bits per heavy atom. The van der Waals surface area contributed by atoms with Crippen LogP contribution in [0.5, 0.6) is 0 Å². The number of carbonyl (C=O) groups is 2. The van der Waals surface area contributed by atoms with Crippen LogP contribution in [0.4, 0.5) is 10.1 Å². The van der Waals surface area contributed by atoms with Crippen LogP contribution in [-0.4, -0.2) is 57.9 Å². The zero-order chi connectivity index (χ0) is 36.6. The van der Waals surface area contributed by atoms with Gasteiger partial charge in [-0.25, -0.2) is 4.39 Å². The molecule has 0 aliphatic rings. The fourth-order valence-corrected chi connectivity index (χ4v) is 5.70. The lowest BCUT2D eigenvalue weighted by Crippen LogP contribution is -2.78. The third-order valence-electron chi connectivity index (χ3n) is 7.88. The second kappa shape index (κ2) is 19.8. The molecule has 11 nitrogen and oxygen atoms in total. The van der Waals surface area contributed by atoms with E-state index in [2.05, 4.69) is 10.3 Å². The number of aliphatic hydroxyl groups is 2. The van der Waals surface area contributed by atoms with Gasteiger partial charge in [-0.05, 0) is 85.7 Å². The van der Waals surface area contributed by atoms with Crippen molar-refractivity contribution in [1.82, 2.24) is 4.57 Å². The summed E-state index contributed by atoms with van der Waals surface area (Å²) in [6, 6.07) is 24.7. The molecule has 1 heterocycles. The minimum absolute atomic E-state index is 0.121. The molecule has 268 valence electrons. The van der Waals surface area contributed by atoms with Gasteiger partial charge in [0, 0.05) is 35.9 Å². The van der Waals surface area contributed by atoms with Crippen molar-refractivity contribution in [3.8, 4) is 22.4 Å². The predicted octanol–water partition coefficient (Wildman–Crippen LogP) is 2.06. The van der Waals surface area contributed by atoms with Gasteiger partial charge in [0.05, 0.1) is 30.0 Å². The number of aromatic nitrogens is 1. The maximum absolute atomic E-state index is 14.0. The first-order valence-corrected chi connectivity index (χ1v) is 16.7. The van der Waals surface area contributed by atoms with E-state index >= 15 is 0 Å². The van der Waals surface area contributed by atoms with Crippen LogP contribution in [0.25, 0.3) is 22.4 Å². The number of nitrogens with two attached hydrogens (primary N) is 3. The van der Waals surface area contributed by atoms with Crippen molar-refractivity contribution in [3.05, 3.63) is 102 Å². The van der Waals surface area contributed by atoms with Gasteiger partial charge in [-0.2, -0.15) is 0 Å². The number of nitrogens with zero attached hydrogens (tertiary/aromatic N) is 1. The summed E-state index contributed by atoms with van der Waals surface area (Å²) in [5.41, 5.74) is 20.2. The molecule has 4 aromatic rings. The Bertz CT molecular complexity index is 1670. The van der Waals surface area contributed by atoms with E-state index in [0.29, 0.717) is 28.1 Å². The first-order chi connectivity index (χ1) is 23.9. The van der Waals surface area contributed by atoms with Crippen molar-refractivity contribution >= 4 is 23.5 Å². The minimum atomic E-state index is -1.39. The molecule has 0 saturated heterocycles. The number of carboxylic acids is 1. The molecular formula is C38H49FN6O5. The quantitative estimate of drug-likeness (QED) is 0.0526. The summed E-state index contributed by atoms with van der Waals surface area (Å²) < 4.78 is 16.0. The van der Waals surface area contributed by atoms with Gasteiger partial charge in [-0.15, -0.1) is 0 Å². The highest BCUT2D eigenvalue weighted by atomic mass is 19.1. The monoisotopic (exact) mass is 688 g/mol. The molecule has 1 aromatic heterocycles. The van der Waals surface area contributed by atoms with Gasteiger partial charge in [0.1, 0.15) is 5.82 Å². The number of anilines is 1. The van der Waals surface area contributed by atoms with Crippen LogP contribution >= 0.6 is 0 Å². The summed E-state index contributed by atoms with van der Waals surface area (Å²) in [5, 5.41) is 34.6. The molecule has 1 amide bonds. The van der Waals surface area contributed by atoms with Crippen molar-refractivity contribution in [3.63, 3.8) is 0 Å². The Kier molecular flexibility index (Phi) is 15.6. The third-order valence-corrected chi connectivity index (χ3v) is 7.88. The number of carbonyl (C=O) groups excluding carboxylic acids is 2. The highest BCUT2D eigenvalue weighted by Gasteiger charge is 2.31. The molecule has 0 fully saturated rings. The van der Waals surface area contributed by atoms with E-state index in [1.165, 1.54) is 12.1 Å². The Morgan fingerprint density at radius 1 is 0.900 bits per heavy atom. The number of guanidine groups is 1. The van der Waals surface area contributed by atoms with Gasteiger partial charge in [-0.3, -0.25) is 21.3 Å². The molecule has 0 aliphatic heterocycles. The average Bonchev–Trinajstić information content (AvgIpc) is 3.42. The lowest BCUT2D eigenvalue weighted by molar-refractivity contribution is -0.459. The molecule has 10 N–H and O–H groups in total. The number of nitrogens with one attached hydrogen (secondary N) is 2. The maximum Gasteiger partial charge on any atom is 0.338 e. The standard InChI is InChI=1S/C33H35FN2O5.C5H14N4/c1-21(2)31-30(33(41)35-25-11-7-4-8-12-25)29(22-9-5-3-6-10-22)32(23-13-15-24(34)16-14-23)36(31)18-17-26(37)19-27(38)20-28(39)40;6-3-1-2-4-9-5(7)8/h3-16,21,26-27,37-38H,17-20H2,1-2H3,(H,35,41)(H,39,40);1-4,6H2,(H4,7,8,9)/t26-,27-;/m1./s1. The molecule has 50 heavy (non-hydrogen) atoms. The molecule has 0 bridgehead atoms. The average molecular weight is 689 g/mol. The highest BCUT2D eigenvalue weighted by Crippen LogP contribution is 2.42. The SMILES string of the molecule is CC(C)c1c(C(=O)Nc2ccccc2)c(-c2ccccc2)c(-c2ccc(F)cc2)n1CC[C@@H](O)C[C@@H](O)CC(=O)[O-].NCCCC[NH+]=C(N)N. The molecule has 3 aromatic carbocycles. The predicted molar refractivity (Wildman–Crippen MR) is 192 cm³/mol. The first-order valence-electron chi connectivity index (χ1n) is 16.7. The molecular weight excluding hydrogens is 639 g/mol. The van der Waals surface area contributed by atoms with E-state index in [0.717, 1.165) is 37.2 Å². The van der Waals surface area contributed by atoms with Crippen molar-refractivity contribution in [1.29, 1.82) is 0 Å². The van der Waals surface area contributed by atoms with Crippen molar-refractivity contribution in [2.24, 2.45) is 17.2 Å². The molecule has 2 atom stereocenters. The number of carboxylic acid groups (broad SMARTS) is 1. The lowest BCUT2D eigenvalue weighted by Gasteiger charge is -2.20. The summed E-state index contributed by atoms with van der Waals surface area (Å²) in [7, 11) is 0. The van der Waals surface area contributed by atoms with Crippen LogP contribution in [0.2, 0.25) is 0 Å². The topological polar surface area (TPSA) is 207 Å². The number of hydrogen-bond acceptors (Lipinski definition) is 6. The van der Waals surface area contributed by atoms with E-state index in [9.17, 15) is 29.3 Å². The second-order valence-corrected chi connectivity index (χ2v) is 12.3. The fraction of sp³-hybridized carbons (Fsp3) is 0.342. The van der Waals surface area contributed by atoms with Gasteiger partial charge in [0.15, 0.2) is 0 Å². The Hall–Kier alpha value is -5.04. The number of hydrogen-bond donors (Lipinski definition) is 7. The van der Waals surface area contributed by atoms with Crippen LogP contribution < -0.4 is 32.6 Å². The van der Waals surface area contributed by atoms with Gasteiger partial charge in [0.25, 0.3) is 5.91 Å². The van der Waals surface area contributed by atoms with Crippen LogP contribution in [0.15, 0.2) is 84.9 Å². The number of unbranched alkanes of at least 4 members (excludes halogenated alkanes) is 1. The Balaban J connectivity index is 0.000000661. The van der Waals surface area contributed by atoms with Crippen LogP contribution in [0.3, 0.4) is 0 Å². The lowest BCUT2D eigenvalue weighted by atomic mass is 9.94. The Labute approximate surface area is 292 Å². The molecule has 12 heteroatoms. The molecule has 0 aliphatic carbocycles. The number of amides is 1. The van der Waals surface area contributed by atoms with E-state index in [1.807, 2.05) is 66.9 Å². The van der Waals surface area contributed by atoms with E-state index in [1.54, 1.807) is 24.3 Å². The summed E-state index contributed by atoms with van der Waals surface area (Å²) in [4.78, 5) is 27.7. The minimum Gasteiger partial charge on any atom is -0.550 e. The Morgan fingerprint density at radius 3 is 2.08 bits per heavy atom. The van der Waals surface area contributed by atoms with Gasteiger partial charge in [-0.1, -0.05) is 62.4 Å². The fourth-order valence-electron chi connectivity index (χ4n) is 5.70. The second-order valence-electron chi connectivity index (χ2n) is 12.3. The van der Waals surface area contributed by atoms with Crippen molar-refractivity contribution in [2.45, 2.75) is 70.6 Å². The van der Waals surface area contributed by atoms with Crippen LogP contribution in [0, 0.1) is 5.82 Å². The van der Waals surface area contributed by atoms with Gasteiger partial charge >= 0.3 is 5.96 Å². The third kappa shape index (κ3) is 11.8. The number of aliphatic carboxylic acids is 1. The normalized spacial score (nSPS) is 12.1. The summed E-state index contributed by atoms with van der Waals surface area (Å²) in [6.07, 6.45) is -0.733. The van der Waals surface area contributed by atoms with E-state index in [4.69, 9.17) is 17.2 Å². The number of benzene rings is 3. The van der Waals surface area contributed by atoms with Crippen LogP contribution in [0.1, 0.15) is 67.9 Å². The first kappa shape index (κ1) is 39.4. The molecule has 0 spiro atoms. The van der Waals surface area contributed by atoms with E-state index in [-0.39, 0.29) is 37.2 Å². The molecule has 0 radical (unpaired) electrons. The van der Waals surface area contributed by atoms with Gasteiger partial charge in [0.2, 0.25) is 0 Å². The molecule has 0 saturated carbocycles. The number of halogens is 1. The number of para-hydroxylation sites is 1. The zero-order valence-electron chi connectivity index (χ0n) is 28.6. The highest BCUT2D eigenvalue weighted by molar-refractivity contribution is 6.12. The van der Waals surface area contributed by atoms with E-state index < -0.39 is 30.4 Å². The summed E-state index contributed by atoms with van der Waals surface area (Å²) in [6.45, 7) is 5.77. The summed E-state index contributed by atoms with van der Waals surface area (Å²) in [5.74, 6) is -1.92. The van der Waals surface area contributed by atoms with Crippen LogP contribution in [-0.2, 0) is 11.3 Å². The smallest absolute Gasteiger partial charge is 0.338 e. The van der Waals surface area contributed by atoms with Crippen molar-refractivity contribution in [2.75, 3.05) is 18.4 Å².